The van der Waals surface area contributed by atoms with E-state index in [2.05, 4.69) is 5.10 Å². The molecule has 0 spiro atoms. The molecule has 0 amide bonds. The van der Waals surface area contributed by atoms with E-state index >= 15 is 0 Å². The molecule has 0 atom stereocenters. The Balaban J connectivity index is 2.43. The molecule has 0 bridgehead atoms. The lowest BCUT2D eigenvalue weighted by atomic mass is 10.2. The van der Waals surface area contributed by atoms with Crippen LogP contribution in [0.3, 0.4) is 0 Å². The first-order valence-electron chi connectivity index (χ1n) is 5.41. The molecule has 4 nitrogen and oxygen atoms in total. The number of nitrogens with two attached hydrogens (primary N) is 1. The summed E-state index contributed by atoms with van der Waals surface area (Å²) in [6.07, 6.45) is 0. The Morgan fingerprint density at radius 1 is 1.37 bits per heavy atom. The Kier molecular flexibility index (Phi) is 3.57. The van der Waals surface area contributed by atoms with Crippen LogP contribution >= 0.6 is 11.8 Å². The van der Waals surface area contributed by atoms with Gasteiger partial charge in [-0.15, -0.1) is 0 Å². The standard InChI is InChI=1S/C12H12F2N4S/c1-6-10(11(15)16)12(18(2)17-6)19-7-3-4-8(13)9(14)5-7/h3-5H,1-2H3,(H3,15,16). The van der Waals surface area contributed by atoms with E-state index < -0.39 is 11.6 Å². The van der Waals surface area contributed by atoms with Gasteiger partial charge >= 0.3 is 0 Å². The third-order valence-corrected chi connectivity index (χ3v) is 3.70. The van der Waals surface area contributed by atoms with E-state index in [-0.39, 0.29) is 5.84 Å². The molecule has 0 aliphatic heterocycles. The molecule has 0 saturated heterocycles. The van der Waals surface area contributed by atoms with E-state index in [1.807, 2.05) is 0 Å². The van der Waals surface area contributed by atoms with Crippen molar-refractivity contribution < 1.29 is 8.78 Å². The molecular formula is C12H12F2N4S. The average molecular weight is 282 g/mol. The van der Waals surface area contributed by atoms with Crippen molar-refractivity contribution in [2.24, 2.45) is 12.8 Å². The molecule has 0 radical (unpaired) electrons. The Labute approximate surface area is 113 Å². The summed E-state index contributed by atoms with van der Waals surface area (Å²) in [5.41, 5.74) is 6.66. The normalized spacial score (nSPS) is 10.7. The highest BCUT2D eigenvalue weighted by Crippen LogP contribution is 2.32. The SMILES string of the molecule is Cc1nn(C)c(Sc2ccc(F)c(F)c2)c1C(=N)N. The quantitative estimate of drug-likeness (QED) is 0.671. The van der Waals surface area contributed by atoms with E-state index in [9.17, 15) is 8.78 Å². The Morgan fingerprint density at radius 3 is 2.63 bits per heavy atom. The van der Waals surface area contributed by atoms with Gasteiger partial charge in [0.25, 0.3) is 0 Å². The van der Waals surface area contributed by atoms with Gasteiger partial charge in [0.05, 0.1) is 11.3 Å². The minimum atomic E-state index is -0.909. The fourth-order valence-electron chi connectivity index (χ4n) is 1.72. The van der Waals surface area contributed by atoms with Crippen LogP contribution in [0.25, 0.3) is 0 Å². The predicted octanol–water partition coefficient (Wildman–Crippen LogP) is 2.44. The van der Waals surface area contributed by atoms with Crippen LogP contribution in [-0.4, -0.2) is 15.6 Å². The Morgan fingerprint density at radius 2 is 2.05 bits per heavy atom. The maximum Gasteiger partial charge on any atom is 0.159 e. The summed E-state index contributed by atoms with van der Waals surface area (Å²) < 4.78 is 27.6. The van der Waals surface area contributed by atoms with Crippen LogP contribution in [0.15, 0.2) is 28.1 Å². The van der Waals surface area contributed by atoms with E-state index in [0.29, 0.717) is 21.2 Å². The first kappa shape index (κ1) is 13.5. The van der Waals surface area contributed by atoms with E-state index in [1.54, 1.807) is 18.7 Å². The lowest BCUT2D eigenvalue weighted by Crippen LogP contribution is -2.13. The summed E-state index contributed by atoms with van der Waals surface area (Å²) in [5.74, 6) is -1.90. The summed E-state index contributed by atoms with van der Waals surface area (Å²) in [7, 11) is 1.71. The van der Waals surface area contributed by atoms with Crippen LogP contribution in [0.1, 0.15) is 11.3 Å². The van der Waals surface area contributed by atoms with Crippen molar-refractivity contribution in [1.29, 1.82) is 5.41 Å². The third kappa shape index (κ3) is 2.60. The maximum atomic E-state index is 13.2. The zero-order valence-electron chi connectivity index (χ0n) is 10.4. The number of halogens is 2. The molecule has 0 aliphatic carbocycles. The predicted molar refractivity (Wildman–Crippen MR) is 69.4 cm³/mol. The topological polar surface area (TPSA) is 67.7 Å². The number of hydrogen-bond acceptors (Lipinski definition) is 3. The molecule has 1 aromatic carbocycles. The Bertz CT molecular complexity index is 651. The van der Waals surface area contributed by atoms with E-state index in [1.165, 1.54) is 17.8 Å². The number of nitrogen functional groups attached to an aromatic ring is 1. The lowest BCUT2D eigenvalue weighted by Gasteiger charge is -2.05. The smallest absolute Gasteiger partial charge is 0.159 e. The van der Waals surface area contributed by atoms with Crippen LogP contribution in [0, 0.1) is 24.0 Å². The number of nitrogens with one attached hydrogen (secondary N) is 1. The highest BCUT2D eigenvalue weighted by atomic mass is 32.2. The van der Waals surface area contributed by atoms with Gasteiger partial charge in [0.15, 0.2) is 11.6 Å². The summed E-state index contributed by atoms with van der Waals surface area (Å²) in [6.45, 7) is 1.74. The summed E-state index contributed by atoms with van der Waals surface area (Å²) in [4.78, 5) is 0.518. The second-order valence-corrected chi connectivity index (χ2v) is 5.04. The molecule has 1 aromatic heterocycles. The molecule has 2 aromatic rings. The molecule has 19 heavy (non-hydrogen) atoms. The van der Waals surface area contributed by atoms with E-state index in [4.69, 9.17) is 11.1 Å². The van der Waals surface area contributed by atoms with Crippen LogP contribution in [0.5, 0.6) is 0 Å². The largest absolute Gasteiger partial charge is 0.384 e. The molecular weight excluding hydrogens is 270 g/mol. The Hall–Kier alpha value is -1.89. The third-order valence-electron chi connectivity index (χ3n) is 2.54. The number of amidine groups is 1. The minimum Gasteiger partial charge on any atom is -0.384 e. The molecule has 3 N–H and O–H groups in total. The van der Waals surface area contributed by atoms with Gasteiger partial charge in [-0.3, -0.25) is 10.1 Å². The monoisotopic (exact) mass is 282 g/mol. The minimum absolute atomic E-state index is 0.101. The van der Waals surface area contributed by atoms with Gasteiger partial charge in [0, 0.05) is 11.9 Å². The van der Waals surface area contributed by atoms with Gasteiger partial charge in [-0.25, -0.2) is 8.78 Å². The molecule has 7 heteroatoms. The van der Waals surface area contributed by atoms with Gasteiger partial charge in [-0.1, -0.05) is 11.8 Å². The van der Waals surface area contributed by atoms with Crippen LogP contribution in [0.2, 0.25) is 0 Å². The molecule has 0 aliphatic rings. The van der Waals surface area contributed by atoms with Crippen molar-refractivity contribution in [3.8, 4) is 0 Å². The number of benzene rings is 1. The fourth-order valence-corrected chi connectivity index (χ4v) is 2.77. The molecule has 0 fully saturated rings. The van der Waals surface area contributed by atoms with Gasteiger partial charge in [-0.05, 0) is 25.1 Å². The fraction of sp³-hybridized carbons (Fsp3) is 0.167. The number of aryl methyl sites for hydroxylation is 2. The number of nitrogens with zero attached hydrogens (tertiary/aromatic N) is 2. The van der Waals surface area contributed by atoms with Crippen molar-refractivity contribution in [2.45, 2.75) is 16.8 Å². The summed E-state index contributed by atoms with van der Waals surface area (Å²) in [6, 6.07) is 3.63. The van der Waals surface area contributed by atoms with Gasteiger partial charge in [-0.2, -0.15) is 5.10 Å². The zero-order valence-corrected chi connectivity index (χ0v) is 11.2. The zero-order chi connectivity index (χ0) is 14.2. The summed E-state index contributed by atoms with van der Waals surface area (Å²) in [5, 5.41) is 12.3. The molecule has 2 rings (SSSR count). The summed E-state index contributed by atoms with van der Waals surface area (Å²) >= 11 is 1.19. The molecule has 1 heterocycles. The number of aromatic nitrogens is 2. The highest BCUT2D eigenvalue weighted by molar-refractivity contribution is 7.99. The molecule has 0 saturated carbocycles. The molecule has 0 unspecified atom stereocenters. The maximum absolute atomic E-state index is 13.2. The van der Waals surface area contributed by atoms with Gasteiger partial charge in [0.1, 0.15) is 10.9 Å². The lowest BCUT2D eigenvalue weighted by molar-refractivity contribution is 0.506. The van der Waals surface area contributed by atoms with Crippen LogP contribution < -0.4 is 5.73 Å². The second kappa shape index (κ2) is 5.00. The van der Waals surface area contributed by atoms with Crippen molar-refractivity contribution >= 4 is 17.6 Å². The first-order valence-corrected chi connectivity index (χ1v) is 6.22. The first-order chi connectivity index (χ1) is 8.90. The van der Waals surface area contributed by atoms with Crippen molar-refractivity contribution in [1.82, 2.24) is 9.78 Å². The van der Waals surface area contributed by atoms with E-state index in [0.717, 1.165) is 12.1 Å². The van der Waals surface area contributed by atoms with Crippen molar-refractivity contribution in [3.63, 3.8) is 0 Å². The van der Waals surface area contributed by atoms with Crippen LogP contribution in [0.4, 0.5) is 8.78 Å². The van der Waals surface area contributed by atoms with Gasteiger partial charge < -0.3 is 5.73 Å². The molecule has 100 valence electrons. The van der Waals surface area contributed by atoms with Crippen molar-refractivity contribution in [3.05, 3.63) is 41.1 Å². The van der Waals surface area contributed by atoms with Gasteiger partial charge in [0.2, 0.25) is 0 Å². The second-order valence-electron chi connectivity index (χ2n) is 3.98. The highest BCUT2D eigenvalue weighted by Gasteiger charge is 2.17. The number of hydrogen-bond donors (Lipinski definition) is 2. The average Bonchev–Trinajstić information content (AvgIpc) is 2.59. The van der Waals surface area contributed by atoms with Crippen LogP contribution in [-0.2, 0) is 7.05 Å². The number of rotatable bonds is 3. The van der Waals surface area contributed by atoms with Crippen molar-refractivity contribution in [2.75, 3.05) is 0 Å².